The fraction of sp³-hybridized carbons (Fsp3) is 0.368. The van der Waals surface area contributed by atoms with Crippen molar-refractivity contribution >= 4 is 17.3 Å². The normalized spacial score (nSPS) is 10.4. The number of hydrogen-bond donors (Lipinski definition) is 2. The van der Waals surface area contributed by atoms with Crippen molar-refractivity contribution in [1.29, 1.82) is 0 Å². The highest BCUT2D eigenvalue weighted by Gasteiger charge is 2.11. The zero-order valence-corrected chi connectivity index (χ0v) is 14.1. The van der Waals surface area contributed by atoms with E-state index in [9.17, 15) is 4.79 Å². The average molecular weight is 311 g/mol. The summed E-state index contributed by atoms with van der Waals surface area (Å²) in [6.45, 7) is 7.17. The fourth-order valence-electron chi connectivity index (χ4n) is 2.42. The van der Waals surface area contributed by atoms with Gasteiger partial charge in [0.25, 0.3) is 5.91 Å². The minimum Gasteiger partial charge on any atom is -0.384 e. The van der Waals surface area contributed by atoms with Crippen LogP contribution in [0.15, 0.2) is 36.5 Å². The summed E-state index contributed by atoms with van der Waals surface area (Å²) in [5.74, 6) is -0.172. The molecule has 0 unspecified atom stereocenters. The number of amides is 1. The van der Waals surface area contributed by atoms with Gasteiger partial charge in [0.2, 0.25) is 0 Å². The van der Waals surface area contributed by atoms with Crippen molar-refractivity contribution in [3.8, 4) is 0 Å². The first kappa shape index (κ1) is 17.0. The third kappa shape index (κ3) is 4.55. The molecule has 0 aliphatic rings. The Morgan fingerprint density at radius 2 is 2.00 bits per heavy atom. The van der Waals surface area contributed by atoms with Gasteiger partial charge in [0.1, 0.15) is 5.69 Å². The number of benzene rings is 1. The second-order valence-electron chi connectivity index (χ2n) is 5.63. The maximum absolute atomic E-state index is 12.4. The van der Waals surface area contributed by atoms with Gasteiger partial charge in [-0.15, -0.1) is 0 Å². The molecule has 0 radical (unpaired) electrons. The van der Waals surface area contributed by atoms with E-state index >= 15 is 0 Å². The van der Waals surface area contributed by atoms with Crippen LogP contribution in [0, 0.1) is 6.92 Å². The molecule has 122 valence electrons. The summed E-state index contributed by atoms with van der Waals surface area (Å²) in [6, 6.07) is 9.71. The van der Waals surface area contributed by atoms with E-state index in [-0.39, 0.29) is 5.91 Å². The summed E-state index contributed by atoms with van der Waals surface area (Å²) in [5, 5.41) is 6.29. The molecule has 0 spiro atoms. The molecule has 2 aromatic rings. The number of pyridine rings is 1. The minimum absolute atomic E-state index is 0.172. The van der Waals surface area contributed by atoms with E-state index in [0.29, 0.717) is 5.69 Å². The highest BCUT2D eigenvalue weighted by Crippen LogP contribution is 2.21. The van der Waals surface area contributed by atoms with Gasteiger partial charge >= 0.3 is 0 Å². The standard InChI is InChI=1S/C19H25N3O/c1-4-6-12-20-16-10-11-17(21-13-16)19(23)22-18-14(3)8-7-9-15(18)5-2/h7-11,13,20H,4-6,12H2,1-3H3,(H,22,23). The van der Waals surface area contributed by atoms with E-state index in [2.05, 4.69) is 29.5 Å². The molecule has 0 atom stereocenters. The van der Waals surface area contributed by atoms with Crippen LogP contribution >= 0.6 is 0 Å². The maximum Gasteiger partial charge on any atom is 0.274 e. The van der Waals surface area contributed by atoms with E-state index in [0.717, 1.165) is 48.3 Å². The van der Waals surface area contributed by atoms with E-state index in [1.165, 1.54) is 0 Å². The van der Waals surface area contributed by atoms with Crippen molar-refractivity contribution in [3.05, 3.63) is 53.3 Å². The zero-order chi connectivity index (χ0) is 16.7. The van der Waals surface area contributed by atoms with E-state index in [4.69, 9.17) is 0 Å². The summed E-state index contributed by atoms with van der Waals surface area (Å²) in [7, 11) is 0. The number of aryl methyl sites for hydroxylation is 2. The fourth-order valence-corrected chi connectivity index (χ4v) is 2.42. The van der Waals surface area contributed by atoms with Crippen molar-refractivity contribution in [3.63, 3.8) is 0 Å². The lowest BCUT2D eigenvalue weighted by atomic mass is 10.1. The monoisotopic (exact) mass is 311 g/mol. The summed E-state index contributed by atoms with van der Waals surface area (Å²) >= 11 is 0. The first-order valence-corrected chi connectivity index (χ1v) is 8.25. The molecule has 1 amide bonds. The van der Waals surface area contributed by atoms with E-state index in [1.54, 1.807) is 12.3 Å². The number of rotatable bonds is 7. The van der Waals surface area contributed by atoms with Gasteiger partial charge in [0.05, 0.1) is 11.9 Å². The van der Waals surface area contributed by atoms with Gasteiger partial charge in [0, 0.05) is 12.2 Å². The Kier molecular flexibility index (Phi) is 6.15. The van der Waals surface area contributed by atoms with E-state index in [1.807, 2.05) is 31.2 Å². The second-order valence-corrected chi connectivity index (χ2v) is 5.63. The van der Waals surface area contributed by atoms with Crippen molar-refractivity contribution in [2.75, 3.05) is 17.2 Å². The largest absolute Gasteiger partial charge is 0.384 e. The van der Waals surface area contributed by atoms with Gasteiger partial charge in [0.15, 0.2) is 0 Å². The molecule has 4 nitrogen and oxygen atoms in total. The number of nitrogens with one attached hydrogen (secondary N) is 2. The van der Waals surface area contributed by atoms with Crippen molar-refractivity contribution in [2.24, 2.45) is 0 Å². The Morgan fingerprint density at radius 3 is 2.65 bits per heavy atom. The van der Waals surface area contributed by atoms with Gasteiger partial charge in [-0.1, -0.05) is 38.5 Å². The van der Waals surface area contributed by atoms with Crippen LogP contribution < -0.4 is 10.6 Å². The second kappa shape index (κ2) is 8.32. The molecule has 0 fully saturated rings. The molecule has 0 saturated carbocycles. The molecule has 2 N–H and O–H groups in total. The van der Waals surface area contributed by atoms with Crippen LogP contribution in [0.5, 0.6) is 0 Å². The summed E-state index contributed by atoms with van der Waals surface area (Å²) < 4.78 is 0. The molecule has 0 bridgehead atoms. The summed E-state index contributed by atoms with van der Waals surface area (Å²) in [4.78, 5) is 16.7. The van der Waals surface area contributed by atoms with Crippen LogP contribution in [-0.2, 0) is 6.42 Å². The Morgan fingerprint density at radius 1 is 1.17 bits per heavy atom. The average Bonchev–Trinajstić information content (AvgIpc) is 2.57. The molecule has 2 rings (SSSR count). The lowest BCUT2D eigenvalue weighted by Crippen LogP contribution is -2.16. The van der Waals surface area contributed by atoms with Crippen LogP contribution in [0.4, 0.5) is 11.4 Å². The van der Waals surface area contributed by atoms with Crippen LogP contribution in [-0.4, -0.2) is 17.4 Å². The summed E-state index contributed by atoms with van der Waals surface area (Å²) in [5.41, 5.74) is 4.47. The summed E-state index contributed by atoms with van der Waals surface area (Å²) in [6.07, 6.45) is 4.86. The minimum atomic E-state index is -0.172. The number of anilines is 2. The van der Waals surface area contributed by atoms with Crippen LogP contribution in [0.25, 0.3) is 0 Å². The quantitative estimate of drug-likeness (QED) is 0.744. The Labute approximate surface area is 138 Å². The van der Waals surface area contributed by atoms with Gasteiger partial charge in [-0.2, -0.15) is 0 Å². The Hall–Kier alpha value is -2.36. The highest BCUT2D eigenvalue weighted by atomic mass is 16.1. The highest BCUT2D eigenvalue weighted by molar-refractivity contribution is 6.03. The predicted molar refractivity (Wildman–Crippen MR) is 96.1 cm³/mol. The van der Waals surface area contributed by atoms with Crippen molar-refractivity contribution in [2.45, 2.75) is 40.0 Å². The zero-order valence-electron chi connectivity index (χ0n) is 14.1. The van der Waals surface area contributed by atoms with Gasteiger partial charge in [-0.25, -0.2) is 4.98 Å². The lowest BCUT2D eigenvalue weighted by molar-refractivity contribution is 0.102. The molecule has 1 aromatic heterocycles. The number of nitrogens with zero attached hydrogens (tertiary/aromatic N) is 1. The molecular weight excluding hydrogens is 286 g/mol. The third-order valence-electron chi connectivity index (χ3n) is 3.83. The van der Waals surface area contributed by atoms with Crippen molar-refractivity contribution < 1.29 is 4.79 Å². The SMILES string of the molecule is CCCCNc1ccc(C(=O)Nc2c(C)cccc2CC)nc1. The smallest absolute Gasteiger partial charge is 0.274 e. The van der Waals surface area contributed by atoms with Gasteiger partial charge < -0.3 is 10.6 Å². The van der Waals surface area contributed by atoms with Crippen LogP contribution in [0.3, 0.4) is 0 Å². The van der Waals surface area contributed by atoms with Crippen LogP contribution in [0.1, 0.15) is 48.3 Å². The lowest BCUT2D eigenvalue weighted by Gasteiger charge is -2.13. The topological polar surface area (TPSA) is 54.0 Å². The number of para-hydroxylation sites is 1. The number of unbranched alkanes of at least 4 members (excludes halogenated alkanes) is 1. The molecule has 0 saturated heterocycles. The Bertz CT molecular complexity index is 650. The number of hydrogen-bond acceptors (Lipinski definition) is 3. The van der Waals surface area contributed by atoms with Crippen molar-refractivity contribution in [1.82, 2.24) is 4.98 Å². The maximum atomic E-state index is 12.4. The van der Waals surface area contributed by atoms with E-state index < -0.39 is 0 Å². The molecular formula is C19H25N3O. The molecule has 1 aromatic carbocycles. The van der Waals surface area contributed by atoms with Crippen LogP contribution in [0.2, 0.25) is 0 Å². The predicted octanol–water partition coefficient (Wildman–Crippen LogP) is 4.42. The Balaban J connectivity index is 2.06. The molecule has 4 heteroatoms. The number of aromatic nitrogens is 1. The van der Waals surface area contributed by atoms with Gasteiger partial charge in [-0.3, -0.25) is 4.79 Å². The number of carbonyl (C=O) groups is 1. The third-order valence-corrected chi connectivity index (χ3v) is 3.83. The first-order chi connectivity index (χ1) is 11.2. The number of carbonyl (C=O) groups excluding carboxylic acids is 1. The molecule has 0 aliphatic heterocycles. The molecule has 23 heavy (non-hydrogen) atoms. The molecule has 0 aliphatic carbocycles. The first-order valence-electron chi connectivity index (χ1n) is 8.25. The molecule has 1 heterocycles. The van der Waals surface area contributed by atoms with Gasteiger partial charge in [-0.05, 0) is 43.0 Å².